The second kappa shape index (κ2) is 9.95. The summed E-state index contributed by atoms with van der Waals surface area (Å²) in [5, 5.41) is 0. The Morgan fingerprint density at radius 1 is 0.533 bits per heavy atom. The summed E-state index contributed by atoms with van der Waals surface area (Å²) in [6.45, 7) is 6.92. The maximum absolute atomic E-state index is 2.58. The van der Waals surface area contributed by atoms with E-state index in [1.807, 2.05) is 0 Å². The molecular formula is C44H43N. The lowest BCUT2D eigenvalue weighted by molar-refractivity contribution is -0.0397. The molecule has 0 unspecified atom stereocenters. The van der Waals surface area contributed by atoms with Crippen LogP contribution in [0.1, 0.15) is 69.6 Å². The first-order valence-electron chi connectivity index (χ1n) is 17.2. The summed E-state index contributed by atoms with van der Waals surface area (Å²) in [5.74, 6) is 3.30. The summed E-state index contributed by atoms with van der Waals surface area (Å²) in [6.07, 6.45) is 7.03. The molecule has 1 heteroatoms. The molecule has 0 radical (unpaired) electrons. The van der Waals surface area contributed by atoms with Crippen LogP contribution < -0.4 is 4.90 Å². The van der Waals surface area contributed by atoms with E-state index in [2.05, 4.69) is 147 Å². The van der Waals surface area contributed by atoms with Crippen molar-refractivity contribution >= 4 is 17.1 Å². The van der Waals surface area contributed by atoms with E-state index in [9.17, 15) is 0 Å². The van der Waals surface area contributed by atoms with Gasteiger partial charge in [0.15, 0.2) is 0 Å². The fourth-order valence-electron chi connectivity index (χ4n) is 10.3. The Morgan fingerprint density at radius 3 is 1.73 bits per heavy atom. The minimum atomic E-state index is 0.101. The standard InChI is InChI=1S/C44H43N/c1-43(2,3)33-18-22-37(23-19-33)45(36-20-16-32(17-21-36)31-10-5-4-6-11-31)41-15-9-13-39-38-12-7-8-14-40(38)44(42(39)41)34-25-29-24-30(27-34)28-35(44)26-29/h4-23,29-30,34-35H,24-28H2,1-3H3. The molecule has 0 atom stereocenters. The molecule has 5 aliphatic rings. The Morgan fingerprint density at radius 2 is 1.09 bits per heavy atom. The quantitative estimate of drug-likeness (QED) is 0.203. The van der Waals surface area contributed by atoms with Crippen LogP contribution in [-0.2, 0) is 10.8 Å². The van der Waals surface area contributed by atoms with E-state index in [0.717, 1.165) is 23.7 Å². The van der Waals surface area contributed by atoms with Crippen LogP contribution >= 0.6 is 0 Å². The van der Waals surface area contributed by atoms with Gasteiger partial charge in [0.1, 0.15) is 0 Å². The van der Waals surface area contributed by atoms with Gasteiger partial charge in [-0.15, -0.1) is 0 Å². The van der Waals surface area contributed by atoms with Gasteiger partial charge in [0.05, 0.1) is 5.69 Å². The first kappa shape index (κ1) is 27.2. The van der Waals surface area contributed by atoms with Gasteiger partial charge in [-0.1, -0.05) is 112 Å². The van der Waals surface area contributed by atoms with Crippen LogP contribution in [0.2, 0.25) is 0 Å². The highest BCUT2D eigenvalue weighted by Crippen LogP contribution is 2.71. The smallest absolute Gasteiger partial charge is 0.0509 e. The van der Waals surface area contributed by atoms with Crippen molar-refractivity contribution < 1.29 is 0 Å². The molecule has 1 spiro atoms. The first-order valence-corrected chi connectivity index (χ1v) is 17.2. The molecule has 0 N–H and O–H groups in total. The second-order valence-corrected chi connectivity index (χ2v) is 15.5. The van der Waals surface area contributed by atoms with Crippen molar-refractivity contribution in [1.82, 2.24) is 0 Å². The van der Waals surface area contributed by atoms with E-state index in [4.69, 9.17) is 0 Å². The molecule has 0 aromatic heterocycles. The van der Waals surface area contributed by atoms with E-state index in [0.29, 0.717) is 0 Å². The highest BCUT2D eigenvalue weighted by Gasteiger charge is 2.62. The average Bonchev–Trinajstić information content (AvgIpc) is 3.36. The van der Waals surface area contributed by atoms with Gasteiger partial charge in [-0.2, -0.15) is 0 Å². The molecule has 0 saturated heterocycles. The van der Waals surface area contributed by atoms with Gasteiger partial charge in [0, 0.05) is 16.8 Å². The zero-order chi connectivity index (χ0) is 30.3. The van der Waals surface area contributed by atoms with Gasteiger partial charge < -0.3 is 4.90 Å². The number of rotatable bonds is 4. The fourth-order valence-corrected chi connectivity index (χ4v) is 10.3. The first-order chi connectivity index (χ1) is 21.9. The third kappa shape index (κ3) is 4.05. The number of nitrogens with zero attached hydrogens (tertiary/aromatic N) is 1. The van der Waals surface area contributed by atoms with Crippen LogP contribution in [0.4, 0.5) is 17.1 Å². The molecular weight excluding hydrogens is 542 g/mol. The summed E-state index contributed by atoms with van der Waals surface area (Å²) in [6, 6.07) is 46.1. The summed E-state index contributed by atoms with van der Waals surface area (Å²) in [7, 11) is 0. The molecule has 4 bridgehead atoms. The zero-order valence-electron chi connectivity index (χ0n) is 26.8. The van der Waals surface area contributed by atoms with Gasteiger partial charge in [0.2, 0.25) is 0 Å². The molecule has 0 amide bonds. The van der Waals surface area contributed by atoms with Crippen molar-refractivity contribution in [2.24, 2.45) is 23.7 Å². The van der Waals surface area contributed by atoms with Gasteiger partial charge in [-0.25, -0.2) is 0 Å². The summed E-state index contributed by atoms with van der Waals surface area (Å²) < 4.78 is 0. The van der Waals surface area contributed by atoms with Crippen molar-refractivity contribution in [3.05, 3.63) is 138 Å². The van der Waals surface area contributed by atoms with Gasteiger partial charge in [0.25, 0.3) is 0 Å². The van der Waals surface area contributed by atoms with Crippen molar-refractivity contribution in [1.29, 1.82) is 0 Å². The highest BCUT2D eigenvalue weighted by atomic mass is 15.1. The third-order valence-corrected chi connectivity index (χ3v) is 12.0. The van der Waals surface area contributed by atoms with E-state index < -0.39 is 0 Å². The van der Waals surface area contributed by atoms with Crippen molar-refractivity contribution in [3.63, 3.8) is 0 Å². The predicted octanol–water partition coefficient (Wildman–Crippen LogP) is 11.8. The normalized spacial score (nSPS) is 25.8. The topological polar surface area (TPSA) is 3.24 Å². The van der Waals surface area contributed by atoms with Crippen molar-refractivity contribution in [2.75, 3.05) is 4.90 Å². The van der Waals surface area contributed by atoms with E-state index >= 15 is 0 Å². The molecule has 5 aliphatic carbocycles. The molecule has 5 aromatic rings. The minimum Gasteiger partial charge on any atom is -0.310 e. The lowest BCUT2D eigenvalue weighted by Gasteiger charge is -2.61. The SMILES string of the molecule is CC(C)(C)c1ccc(N(c2ccc(-c3ccccc3)cc2)c2cccc3c2C2(c4ccccc4-3)C3CC4CC(C3)CC2C4)cc1. The average molecular weight is 586 g/mol. The fraction of sp³-hybridized carbons (Fsp3) is 0.318. The number of anilines is 3. The van der Waals surface area contributed by atoms with Crippen LogP contribution in [0.25, 0.3) is 22.3 Å². The monoisotopic (exact) mass is 585 g/mol. The molecule has 1 nitrogen and oxygen atoms in total. The van der Waals surface area contributed by atoms with Gasteiger partial charge in [-0.3, -0.25) is 0 Å². The maximum Gasteiger partial charge on any atom is 0.0509 e. The number of benzene rings is 5. The molecule has 4 saturated carbocycles. The largest absolute Gasteiger partial charge is 0.310 e. The molecule has 0 heterocycles. The predicted molar refractivity (Wildman–Crippen MR) is 189 cm³/mol. The molecule has 45 heavy (non-hydrogen) atoms. The van der Waals surface area contributed by atoms with Crippen LogP contribution in [-0.4, -0.2) is 0 Å². The Balaban J connectivity index is 1.27. The number of fused-ring (bicyclic) bond motifs is 3. The molecule has 4 fully saturated rings. The Hall–Kier alpha value is -4.10. The van der Waals surface area contributed by atoms with E-state index in [1.54, 1.807) is 11.1 Å². The van der Waals surface area contributed by atoms with Crippen LogP contribution in [0.5, 0.6) is 0 Å². The zero-order valence-corrected chi connectivity index (χ0v) is 26.8. The Kier molecular flexibility index (Phi) is 6.02. The summed E-state index contributed by atoms with van der Waals surface area (Å²) in [4.78, 5) is 2.58. The lowest BCUT2D eigenvalue weighted by atomic mass is 9.43. The second-order valence-electron chi connectivity index (χ2n) is 15.5. The lowest BCUT2D eigenvalue weighted by Crippen LogP contribution is -2.55. The number of hydrogen-bond acceptors (Lipinski definition) is 1. The third-order valence-electron chi connectivity index (χ3n) is 12.0. The van der Waals surface area contributed by atoms with E-state index in [-0.39, 0.29) is 10.8 Å². The van der Waals surface area contributed by atoms with Crippen molar-refractivity contribution in [2.45, 2.75) is 63.7 Å². The molecule has 10 rings (SSSR count). The molecule has 224 valence electrons. The van der Waals surface area contributed by atoms with Gasteiger partial charge >= 0.3 is 0 Å². The van der Waals surface area contributed by atoms with E-state index in [1.165, 1.54) is 77.0 Å². The van der Waals surface area contributed by atoms with Gasteiger partial charge in [-0.05, 0) is 130 Å². The summed E-state index contributed by atoms with van der Waals surface area (Å²) in [5.41, 5.74) is 14.1. The number of hydrogen-bond donors (Lipinski definition) is 0. The van der Waals surface area contributed by atoms with Crippen LogP contribution in [0.15, 0.2) is 121 Å². The summed E-state index contributed by atoms with van der Waals surface area (Å²) >= 11 is 0. The maximum atomic E-state index is 2.58. The molecule has 0 aliphatic heterocycles. The Bertz CT molecular complexity index is 1850. The van der Waals surface area contributed by atoms with Crippen LogP contribution in [0, 0.1) is 23.7 Å². The highest BCUT2D eigenvalue weighted by molar-refractivity contribution is 5.91. The van der Waals surface area contributed by atoms with Crippen molar-refractivity contribution in [3.8, 4) is 22.3 Å². The minimum absolute atomic E-state index is 0.101. The Labute approximate surface area is 269 Å². The molecule has 5 aromatic carbocycles. The van der Waals surface area contributed by atoms with Crippen LogP contribution in [0.3, 0.4) is 0 Å².